The van der Waals surface area contributed by atoms with Gasteiger partial charge in [0, 0.05) is 34.4 Å². The highest BCUT2D eigenvalue weighted by Gasteiger charge is 2.22. The minimum absolute atomic E-state index is 0.129. The van der Waals surface area contributed by atoms with Gasteiger partial charge in [-0.1, -0.05) is 41.6 Å². The Bertz CT molecular complexity index is 1130. The maximum absolute atomic E-state index is 12.7. The molecule has 6 nitrogen and oxygen atoms in total. The number of carbonyl (C=O) groups excluding carboxylic acids is 1. The molecule has 0 spiro atoms. The van der Waals surface area contributed by atoms with E-state index < -0.39 is 5.25 Å². The van der Waals surface area contributed by atoms with Gasteiger partial charge in [0.2, 0.25) is 5.91 Å². The van der Waals surface area contributed by atoms with Crippen LogP contribution in [-0.2, 0) is 4.79 Å². The van der Waals surface area contributed by atoms with Gasteiger partial charge in [0.25, 0.3) is 0 Å². The molecule has 30 heavy (non-hydrogen) atoms. The summed E-state index contributed by atoms with van der Waals surface area (Å²) in [6.07, 6.45) is 3.43. The Kier molecular flexibility index (Phi) is 6.11. The molecule has 0 saturated carbocycles. The smallest absolute Gasteiger partial charge is 0.237 e. The number of para-hydroxylation sites is 1. The summed E-state index contributed by atoms with van der Waals surface area (Å²) in [4.78, 5) is 16.8. The summed E-state index contributed by atoms with van der Waals surface area (Å²) >= 11 is 7.25. The molecule has 2 heterocycles. The normalized spacial score (nSPS) is 11.8. The molecule has 1 atom stereocenters. The Morgan fingerprint density at radius 1 is 1.00 bits per heavy atom. The summed E-state index contributed by atoms with van der Waals surface area (Å²) in [7, 11) is 0. The molecular weight excluding hydrogens is 418 g/mol. The zero-order chi connectivity index (χ0) is 20.9. The predicted molar refractivity (Wildman–Crippen MR) is 120 cm³/mol. The average Bonchev–Trinajstić information content (AvgIpc) is 3.20. The van der Waals surface area contributed by atoms with Crippen LogP contribution in [0, 0.1) is 0 Å². The fourth-order valence-corrected chi connectivity index (χ4v) is 3.83. The molecular formula is C22H18ClN5OS. The van der Waals surface area contributed by atoms with Crippen molar-refractivity contribution >= 4 is 35.0 Å². The quantitative estimate of drug-likeness (QED) is 0.426. The summed E-state index contributed by atoms with van der Waals surface area (Å²) in [5.41, 5.74) is 2.51. The van der Waals surface area contributed by atoms with E-state index in [2.05, 4.69) is 20.5 Å². The summed E-state index contributed by atoms with van der Waals surface area (Å²) in [6, 6.07) is 20.6. The first-order chi connectivity index (χ1) is 14.6. The zero-order valence-electron chi connectivity index (χ0n) is 16.1. The molecule has 0 fully saturated rings. The Hall–Kier alpha value is -3.16. The molecule has 0 radical (unpaired) electrons. The monoisotopic (exact) mass is 435 g/mol. The van der Waals surface area contributed by atoms with Crippen LogP contribution in [0.2, 0.25) is 5.02 Å². The largest absolute Gasteiger partial charge is 0.325 e. The topological polar surface area (TPSA) is 72.7 Å². The molecule has 4 aromatic rings. The number of halogens is 1. The van der Waals surface area contributed by atoms with Gasteiger partial charge in [0.15, 0.2) is 11.0 Å². The number of rotatable bonds is 6. The van der Waals surface area contributed by atoms with Crippen molar-refractivity contribution in [3.63, 3.8) is 0 Å². The SMILES string of the molecule is C[C@H](Sc1nnc(-c2ccncc2)n1-c1ccccc1)C(=O)Nc1ccc(Cl)cc1. The number of thioether (sulfide) groups is 1. The van der Waals surface area contributed by atoms with E-state index in [0.29, 0.717) is 21.7 Å². The van der Waals surface area contributed by atoms with Gasteiger partial charge in [-0.2, -0.15) is 0 Å². The van der Waals surface area contributed by atoms with Crippen LogP contribution in [0.4, 0.5) is 5.69 Å². The predicted octanol–water partition coefficient (Wildman–Crippen LogP) is 5.10. The van der Waals surface area contributed by atoms with Crippen LogP contribution in [0.25, 0.3) is 17.1 Å². The molecule has 0 aliphatic rings. The van der Waals surface area contributed by atoms with Crippen LogP contribution in [0.1, 0.15) is 6.92 Å². The minimum Gasteiger partial charge on any atom is -0.325 e. The molecule has 1 N–H and O–H groups in total. The van der Waals surface area contributed by atoms with Crippen molar-refractivity contribution in [2.45, 2.75) is 17.3 Å². The van der Waals surface area contributed by atoms with Gasteiger partial charge in [0.1, 0.15) is 0 Å². The highest BCUT2D eigenvalue weighted by Crippen LogP contribution is 2.30. The number of hydrogen-bond donors (Lipinski definition) is 1. The second-order valence-corrected chi connectivity index (χ2v) is 8.21. The Balaban J connectivity index is 1.61. The molecule has 150 valence electrons. The van der Waals surface area contributed by atoms with Crippen molar-refractivity contribution in [1.29, 1.82) is 0 Å². The number of aromatic nitrogens is 4. The van der Waals surface area contributed by atoms with E-state index in [1.54, 1.807) is 36.7 Å². The molecule has 0 aliphatic heterocycles. The second-order valence-electron chi connectivity index (χ2n) is 6.47. The van der Waals surface area contributed by atoms with E-state index >= 15 is 0 Å². The van der Waals surface area contributed by atoms with Gasteiger partial charge in [-0.3, -0.25) is 14.3 Å². The van der Waals surface area contributed by atoms with E-state index in [0.717, 1.165) is 11.3 Å². The lowest BCUT2D eigenvalue weighted by atomic mass is 10.2. The number of amides is 1. The number of anilines is 1. The van der Waals surface area contributed by atoms with E-state index in [-0.39, 0.29) is 5.91 Å². The second kappa shape index (κ2) is 9.11. The summed E-state index contributed by atoms with van der Waals surface area (Å²) in [5, 5.41) is 12.5. The Morgan fingerprint density at radius 3 is 2.40 bits per heavy atom. The molecule has 0 aliphatic carbocycles. The van der Waals surface area contributed by atoms with Gasteiger partial charge in [-0.15, -0.1) is 10.2 Å². The van der Waals surface area contributed by atoms with Crippen molar-refractivity contribution in [2.24, 2.45) is 0 Å². The van der Waals surface area contributed by atoms with E-state index in [9.17, 15) is 4.79 Å². The third-order valence-corrected chi connectivity index (χ3v) is 5.64. The zero-order valence-corrected chi connectivity index (χ0v) is 17.6. The number of nitrogens with zero attached hydrogens (tertiary/aromatic N) is 4. The number of pyridine rings is 1. The fraction of sp³-hybridized carbons (Fsp3) is 0.0909. The van der Waals surface area contributed by atoms with Crippen molar-refractivity contribution in [2.75, 3.05) is 5.32 Å². The van der Waals surface area contributed by atoms with Crippen molar-refractivity contribution in [3.8, 4) is 17.1 Å². The standard InChI is InChI=1S/C22H18ClN5OS/c1-15(21(29)25-18-9-7-17(23)8-10-18)30-22-27-26-20(16-11-13-24-14-12-16)28(22)19-5-3-2-4-6-19/h2-15H,1H3,(H,25,29)/t15-/m0/s1. The molecule has 0 unspecified atom stereocenters. The van der Waals surface area contributed by atoms with Gasteiger partial charge in [-0.25, -0.2) is 0 Å². The first kappa shape index (κ1) is 20.1. The van der Waals surface area contributed by atoms with E-state index in [4.69, 9.17) is 11.6 Å². The maximum Gasteiger partial charge on any atom is 0.237 e. The summed E-state index contributed by atoms with van der Waals surface area (Å²) in [5.74, 6) is 0.562. The van der Waals surface area contributed by atoms with Crippen LogP contribution >= 0.6 is 23.4 Å². The highest BCUT2D eigenvalue weighted by atomic mass is 35.5. The summed E-state index contributed by atoms with van der Waals surface area (Å²) < 4.78 is 1.95. The average molecular weight is 436 g/mol. The highest BCUT2D eigenvalue weighted by molar-refractivity contribution is 8.00. The number of nitrogens with one attached hydrogen (secondary N) is 1. The van der Waals surface area contributed by atoms with Crippen LogP contribution in [0.3, 0.4) is 0 Å². The van der Waals surface area contributed by atoms with Crippen molar-refractivity contribution < 1.29 is 4.79 Å². The number of benzene rings is 2. The van der Waals surface area contributed by atoms with Gasteiger partial charge in [-0.05, 0) is 55.5 Å². The lowest BCUT2D eigenvalue weighted by molar-refractivity contribution is -0.115. The van der Waals surface area contributed by atoms with Gasteiger partial charge in [0.05, 0.1) is 5.25 Å². The van der Waals surface area contributed by atoms with Crippen LogP contribution in [0.5, 0.6) is 0 Å². The molecule has 2 aromatic carbocycles. The first-order valence-corrected chi connectivity index (χ1v) is 10.5. The minimum atomic E-state index is -0.391. The fourth-order valence-electron chi connectivity index (χ4n) is 2.83. The summed E-state index contributed by atoms with van der Waals surface area (Å²) in [6.45, 7) is 1.84. The Labute approximate surface area is 183 Å². The van der Waals surface area contributed by atoms with E-state index in [1.165, 1.54) is 11.8 Å². The molecule has 1 amide bonds. The lowest BCUT2D eigenvalue weighted by Gasteiger charge is -2.14. The maximum atomic E-state index is 12.7. The van der Waals surface area contributed by atoms with Crippen molar-refractivity contribution in [3.05, 3.63) is 84.1 Å². The lowest BCUT2D eigenvalue weighted by Crippen LogP contribution is -2.22. The van der Waals surface area contributed by atoms with Crippen LogP contribution < -0.4 is 5.32 Å². The third kappa shape index (κ3) is 4.53. The third-order valence-electron chi connectivity index (χ3n) is 4.35. The number of hydrogen-bond acceptors (Lipinski definition) is 5. The van der Waals surface area contributed by atoms with Crippen molar-refractivity contribution in [1.82, 2.24) is 19.7 Å². The van der Waals surface area contributed by atoms with Crippen LogP contribution in [0.15, 0.2) is 84.3 Å². The number of carbonyl (C=O) groups is 1. The first-order valence-electron chi connectivity index (χ1n) is 9.26. The molecule has 0 bridgehead atoms. The molecule has 0 saturated heterocycles. The van der Waals surface area contributed by atoms with Crippen LogP contribution in [-0.4, -0.2) is 30.9 Å². The Morgan fingerprint density at radius 2 is 1.70 bits per heavy atom. The molecule has 4 rings (SSSR count). The van der Waals surface area contributed by atoms with Gasteiger partial charge >= 0.3 is 0 Å². The molecule has 2 aromatic heterocycles. The van der Waals surface area contributed by atoms with Gasteiger partial charge < -0.3 is 5.32 Å². The van der Waals surface area contributed by atoms with E-state index in [1.807, 2.05) is 54.0 Å². The molecule has 8 heteroatoms.